The quantitative estimate of drug-likeness (QED) is 0.565. The van der Waals surface area contributed by atoms with Crippen molar-refractivity contribution in [3.63, 3.8) is 0 Å². The molecule has 0 saturated heterocycles. The van der Waals surface area contributed by atoms with Gasteiger partial charge in [-0.3, -0.25) is 0 Å². The molecule has 0 aromatic heterocycles. The van der Waals surface area contributed by atoms with Gasteiger partial charge in [0.15, 0.2) is 0 Å². The molecule has 0 fully saturated rings. The van der Waals surface area contributed by atoms with Crippen LogP contribution in [0.3, 0.4) is 0 Å². The van der Waals surface area contributed by atoms with Crippen molar-refractivity contribution in [3.8, 4) is 5.75 Å². The molecule has 0 spiro atoms. The molecule has 104 valence electrons. The Morgan fingerprint density at radius 1 is 1.37 bits per heavy atom. The number of hydrogen-bond acceptors (Lipinski definition) is 2. The van der Waals surface area contributed by atoms with Gasteiger partial charge in [0.2, 0.25) is 0 Å². The smallest absolute Gasteiger partial charge is 0.328 e. The van der Waals surface area contributed by atoms with E-state index in [1.165, 1.54) is 19.3 Å². The summed E-state index contributed by atoms with van der Waals surface area (Å²) >= 11 is 3.38. The van der Waals surface area contributed by atoms with E-state index in [0.29, 0.717) is 6.61 Å². The van der Waals surface area contributed by atoms with Crippen molar-refractivity contribution in [3.05, 3.63) is 34.3 Å². The minimum atomic E-state index is -0.960. The average Bonchev–Trinajstić information content (AvgIpc) is 2.38. The number of carbonyl (C=O) groups is 1. The third-order valence-electron chi connectivity index (χ3n) is 2.64. The maximum Gasteiger partial charge on any atom is 0.328 e. The number of carboxylic acid groups (broad SMARTS) is 1. The van der Waals surface area contributed by atoms with E-state index in [-0.39, 0.29) is 0 Å². The lowest BCUT2D eigenvalue weighted by molar-refractivity contribution is -0.131. The number of halogens is 1. The fourth-order valence-corrected chi connectivity index (χ4v) is 2.00. The molecule has 0 heterocycles. The standard InChI is InChI=1S/C15H19BrO3/c1-2-3-4-5-10-19-13-7-8-14(16)12(11-13)6-9-15(17)18/h6-9,11H,2-5,10H2,1H3,(H,17,18)/b9-6+. The van der Waals surface area contributed by atoms with Crippen LogP contribution in [0.15, 0.2) is 28.7 Å². The van der Waals surface area contributed by atoms with Crippen LogP contribution in [0, 0.1) is 0 Å². The predicted molar refractivity (Wildman–Crippen MR) is 80.4 cm³/mol. The van der Waals surface area contributed by atoms with Crippen LogP contribution in [0.2, 0.25) is 0 Å². The van der Waals surface area contributed by atoms with Crippen molar-refractivity contribution in [2.45, 2.75) is 32.6 Å². The molecule has 0 bridgehead atoms. The lowest BCUT2D eigenvalue weighted by Gasteiger charge is -2.07. The topological polar surface area (TPSA) is 46.5 Å². The second kappa shape index (κ2) is 8.75. The molecular formula is C15H19BrO3. The van der Waals surface area contributed by atoms with Crippen molar-refractivity contribution < 1.29 is 14.6 Å². The first-order chi connectivity index (χ1) is 9.13. The fraction of sp³-hybridized carbons (Fsp3) is 0.400. The van der Waals surface area contributed by atoms with Gasteiger partial charge in [0.05, 0.1) is 6.61 Å². The highest BCUT2D eigenvalue weighted by atomic mass is 79.9. The number of rotatable bonds is 8. The molecule has 0 atom stereocenters. The third-order valence-corrected chi connectivity index (χ3v) is 3.36. The Hall–Kier alpha value is -1.29. The van der Waals surface area contributed by atoms with E-state index in [1.54, 1.807) is 6.08 Å². The van der Waals surface area contributed by atoms with Gasteiger partial charge in [-0.05, 0) is 36.3 Å². The first kappa shape index (κ1) is 15.8. The van der Waals surface area contributed by atoms with Crippen LogP contribution >= 0.6 is 15.9 Å². The molecule has 0 radical (unpaired) electrons. The van der Waals surface area contributed by atoms with Crippen LogP contribution in [0.5, 0.6) is 5.75 Å². The van der Waals surface area contributed by atoms with Gasteiger partial charge in [-0.1, -0.05) is 42.1 Å². The van der Waals surface area contributed by atoms with E-state index in [2.05, 4.69) is 22.9 Å². The van der Waals surface area contributed by atoms with Gasteiger partial charge in [-0.15, -0.1) is 0 Å². The summed E-state index contributed by atoms with van der Waals surface area (Å²) in [6.45, 7) is 2.88. The Morgan fingerprint density at radius 3 is 2.84 bits per heavy atom. The fourth-order valence-electron chi connectivity index (χ4n) is 1.62. The first-order valence-corrected chi connectivity index (χ1v) is 7.26. The van der Waals surface area contributed by atoms with E-state index >= 15 is 0 Å². The molecule has 1 aromatic rings. The number of ether oxygens (including phenoxy) is 1. The Morgan fingerprint density at radius 2 is 2.16 bits per heavy atom. The van der Waals surface area contributed by atoms with E-state index in [1.807, 2.05) is 18.2 Å². The monoisotopic (exact) mass is 326 g/mol. The van der Waals surface area contributed by atoms with Crippen molar-refractivity contribution >= 4 is 28.0 Å². The van der Waals surface area contributed by atoms with Crippen LogP contribution in [-0.2, 0) is 4.79 Å². The maximum absolute atomic E-state index is 10.5. The molecule has 0 aliphatic carbocycles. The number of aliphatic carboxylic acids is 1. The van der Waals surface area contributed by atoms with Crippen LogP contribution in [0.1, 0.15) is 38.2 Å². The maximum atomic E-state index is 10.5. The highest BCUT2D eigenvalue weighted by Gasteiger charge is 2.01. The van der Waals surface area contributed by atoms with Crippen LogP contribution in [0.4, 0.5) is 0 Å². The molecule has 0 saturated carbocycles. The van der Waals surface area contributed by atoms with Crippen LogP contribution in [0.25, 0.3) is 6.08 Å². The van der Waals surface area contributed by atoms with E-state index in [4.69, 9.17) is 9.84 Å². The third kappa shape index (κ3) is 6.43. The second-order valence-electron chi connectivity index (χ2n) is 4.26. The summed E-state index contributed by atoms with van der Waals surface area (Å²) in [5.74, 6) is -0.192. The molecule has 0 aliphatic rings. The Balaban J connectivity index is 2.55. The first-order valence-electron chi connectivity index (χ1n) is 6.47. The Kier molecular flexibility index (Phi) is 7.26. The molecule has 3 nitrogen and oxygen atoms in total. The van der Waals surface area contributed by atoms with Gasteiger partial charge < -0.3 is 9.84 Å². The van der Waals surface area contributed by atoms with Crippen molar-refractivity contribution in [1.82, 2.24) is 0 Å². The average molecular weight is 327 g/mol. The summed E-state index contributed by atoms with van der Waals surface area (Å²) < 4.78 is 6.50. The van der Waals surface area contributed by atoms with Gasteiger partial charge in [0.25, 0.3) is 0 Å². The Bertz CT molecular complexity index is 441. The largest absolute Gasteiger partial charge is 0.494 e. The molecule has 0 unspecified atom stereocenters. The summed E-state index contributed by atoms with van der Waals surface area (Å²) in [7, 11) is 0. The number of carboxylic acids is 1. The highest BCUT2D eigenvalue weighted by Crippen LogP contribution is 2.24. The molecule has 1 aromatic carbocycles. The predicted octanol–water partition coefficient (Wildman–Crippen LogP) is 4.51. The summed E-state index contributed by atoms with van der Waals surface area (Å²) in [6, 6.07) is 5.58. The van der Waals surface area contributed by atoms with Crippen molar-refractivity contribution in [2.24, 2.45) is 0 Å². The number of hydrogen-bond donors (Lipinski definition) is 1. The van der Waals surface area contributed by atoms with Gasteiger partial charge >= 0.3 is 5.97 Å². The second-order valence-corrected chi connectivity index (χ2v) is 5.12. The molecule has 1 rings (SSSR count). The van der Waals surface area contributed by atoms with Gasteiger partial charge in [-0.2, -0.15) is 0 Å². The van der Waals surface area contributed by atoms with Crippen molar-refractivity contribution in [2.75, 3.05) is 6.61 Å². The summed E-state index contributed by atoms with van der Waals surface area (Å²) in [5, 5.41) is 8.63. The highest BCUT2D eigenvalue weighted by molar-refractivity contribution is 9.10. The number of unbranched alkanes of at least 4 members (excludes halogenated alkanes) is 3. The molecular weight excluding hydrogens is 308 g/mol. The van der Waals surface area contributed by atoms with Gasteiger partial charge in [-0.25, -0.2) is 4.79 Å². The molecule has 0 amide bonds. The van der Waals surface area contributed by atoms with Crippen molar-refractivity contribution in [1.29, 1.82) is 0 Å². The van der Waals surface area contributed by atoms with Crippen LogP contribution in [-0.4, -0.2) is 17.7 Å². The van der Waals surface area contributed by atoms with Gasteiger partial charge in [0, 0.05) is 10.5 Å². The lowest BCUT2D eigenvalue weighted by atomic mass is 10.2. The van der Waals surface area contributed by atoms with E-state index < -0.39 is 5.97 Å². The molecule has 0 aliphatic heterocycles. The zero-order valence-electron chi connectivity index (χ0n) is 11.1. The normalized spacial score (nSPS) is 10.8. The summed E-state index contributed by atoms with van der Waals surface area (Å²) in [4.78, 5) is 10.5. The zero-order valence-corrected chi connectivity index (χ0v) is 12.6. The minimum Gasteiger partial charge on any atom is -0.494 e. The minimum absolute atomic E-state index is 0.698. The Labute approximate surface area is 122 Å². The van der Waals surface area contributed by atoms with Crippen LogP contribution < -0.4 is 4.74 Å². The van der Waals surface area contributed by atoms with E-state index in [0.717, 1.165) is 28.3 Å². The van der Waals surface area contributed by atoms with E-state index in [9.17, 15) is 4.79 Å². The molecule has 4 heteroatoms. The molecule has 19 heavy (non-hydrogen) atoms. The summed E-state index contributed by atoms with van der Waals surface area (Å²) in [6.07, 6.45) is 7.34. The number of benzene rings is 1. The zero-order chi connectivity index (χ0) is 14.1. The summed E-state index contributed by atoms with van der Waals surface area (Å²) in [5.41, 5.74) is 0.799. The SMILES string of the molecule is CCCCCCOc1ccc(Br)c(/C=C/C(=O)O)c1. The molecule has 1 N–H and O–H groups in total. The lowest BCUT2D eigenvalue weighted by Crippen LogP contribution is -1.97. The van der Waals surface area contributed by atoms with Gasteiger partial charge in [0.1, 0.15) is 5.75 Å².